The normalized spacial score (nSPS) is 10.2. The number of nitrogens with zero attached hydrogens (tertiary/aromatic N) is 3. The van der Waals surface area contributed by atoms with Gasteiger partial charge in [0.05, 0.1) is 15.4 Å². The van der Waals surface area contributed by atoms with Gasteiger partial charge >= 0.3 is 0 Å². The van der Waals surface area contributed by atoms with Crippen molar-refractivity contribution in [3.05, 3.63) is 66.8 Å². The topological polar surface area (TPSA) is 128 Å². The van der Waals surface area contributed by atoms with E-state index in [0.717, 1.165) is 12.1 Å². The first-order valence-corrected chi connectivity index (χ1v) is 6.54. The summed E-state index contributed by atoms with van der Waals surface area (Å²) in [4.78, 5) is 36.3. The van der Waals surface area contributed by atoms with Crippen LogP contribution in [-0.2, 0) is 0 Å². The highest BCUT2D eigenvalue weighted by Crippen LogP contribution is 2.35. The molecular weight excluding hydrogens is 328 g/mol. The van der Waals surface area contributed by atoms with Crippen molar-refractivity contribution < 1.29 is 14.6 Å². The molecule has 2 rings (SSSR count). The number of aromatic nitrogens is 1. The van der Waals surface area contributed by atoms with Crippen molar-refractivity contribution in [2.24, 2.45) is 0 Å². The number of nitrogens with one attached hydrogen (secondary N) is 1. The summed E-state index contributed by atoms with van der Waals surface area (Å²) in [5.74, 6) is -0.554. The number of carbonyl (C=O) groups is 1. The highest BCUT2D eigenvalue weighted by atomic mass is 35.5. The van der Waals surface area contributed by atoms with Gasteiger partial charge in [-0.2, -0.15) is 0 Å². The zero-order valence-corrected chi connectivity index (χ0v) is 12.4. The Morgan fingerprint density at radius 3 is 2.22 bits per heavy atom. The van der Waals surface area contributed by atoms with Crippen molar-refractivity contribution in [2.45, 2.75) is 6.92 Å². The van der Waals surface area contributed by atoms with Crippen LogP contribution in [0.25, 0.3) is 0 Å². The monoisotopic (exact) mass is 336 g/mol. The van der Waals surface area contributed by atoms with Crippen molar-refractivity contribution in [2.75, 3.05) is 5.32 Å². The van der Waals surface area contributed by atoms with E-state index >= 15 is 0 Å². The molecule has 0 atom stereocenters. The van der Waals surface area contributed by atoms with Gasteiger partial charge in [-0.05, 0) is 19.1 Å². The summed E-state index contributed by atoms with van der Waals surface area (Å²) in [6.07, 6.45) is 0. The molecule has 23 heavy (non-hydrogen) atoms. The lowest BCUT2D eigenvalue weighted by molar-refractivity contribution is -0.393. The van der Waals surface area contributed by atoms with Crippen molar-refractivity contribution in [3.63, 3.8) is 0 Å². The molecule has 0 radical (unpaired) electrons. The van der Waals surface area contributed by atoms with Gasteiger partial charge in [-0.3, -0.25) is 25.0 Å². The van der Waals surface area contributed by atoms with E-state index < -0.39 is 32.2 Å². The zero-order valence-electron chi connectivity index (χ0n) is 11.6. The van der Waals surface area contributed by atoms with E-state index in [2.05, 4.69) is 10.3 Å². The fourth-order valence-corrected chi connectivity index (χ4v) is 2.04. The Kier molecular flexibility index (Phi) is 4.51. The molecule has 0 spiro atoms. The summed E-state index contributed by atoms with van der Waals surface area (Å²) in [5.41, 5.74) is -1.06. The molecular formula is C13H9ClN4O5. The standard InChI is InChI=1S/C13H9ClN4O5/c1-7-3-2-4-11(15-7)16-13(19)8-5-9(17(20)21)12(14)10(6-8)18(22)23/h2-6H,1H3,(H,15,16,19). The molecule has 118 valence electrons. The number of halogens is 1. The van der Waals surface area contributed by atoms with Crippen LogP contribution in [0.15, 0.2) is 30.3 Å². The number of hydrogen-bond donors (Lipinski definition) is 1. The summed E-state index contributed by atoms with van der Waals surface area (Å²) in [6, 6.07) is 6.64. The van der Waals surface area contributed by atoms with Crippen molar-refractivity contribution >= 4 is 34.7 Å². The Labute approximate surface area is 134 Å². The molecule has 1 amide bonds. The second kappa shape index (κ2) is 6.36. The van der Waals surface area contributed by atoms with Crippen LogP contribution in [0.3, 0.4) is 0 Å². The van der Waals surface area contributed by atoms with Gasteiger partial charge in [0, 0.05) is 17.8 Å². The number of nitro benzene ring substituents is 2. The molecule has 1 heterocycles. The van der Waals surface area contributed by atoms with Crippen LogP contribution < -0.4 is 5.32 Å². The lowest BCUT2D eigenvalue weighted by Crippen LogP contribution is -2.14. The summed E-state index contributed by atoms with van der Waals surface area (Å²) in [6.45, 7) is 1.72. The summed E-state index contributed by atoms with van der Waals surface area (Å²) in [5, 5.41) is 23.6. The Balaban J connectivity index is 2.44. The molecule has 2 aromatic rings. The summed E-state index contributed by atoms with van der Waals surface area (Å²) in [7, 11) is 0. The third-order valence-electron chi connectivity index (χ3n) is 2.82. The number of rotatable bonds is 4. The van der Waals surface area contributed by atoms with E-state index in [9.17, 15) is 25.0 Å². The predicted octanol–water partition coefficient (Wildman–Crippen LogP) is 3.11. The van der Waals surface area contributed by atoms with Gasteiger partial charge in [0.2, 0.25) is 0 Å². The average Bonchev–Trinajstić information content (AvgIpc) is 2.46. The number of nitro groups is 2. The maximum Gasteiger partial charge on any atom is 0.295 e. The summed E-state index contributed by atoms with van der Waals surface area (Å²) >= 11 is 5.63. The van der Waals surface area contributed by atoms with Crippen LogP contribution in [0.1, 0.15) is 16.1 Å². The number of aryl methyl sites for hydroxylation is 1. The first-order valence-electron chi connectivity index (χ1n) is 6.17. The van der Waals surface area contributed by atoms with Crippen LogP contribution in [0.5, 0.6) is 0 Å². The molecule has 0 bridgehead atoms. The van der Waals surface area contributed by atoms with Crippen LogP contribution in [-0.4, -0.2) is 20.7 Å². The predicted molar refractivity (Wildman–Crippen MR) is 81.7 cm³/mol. The van der Waals surface area contributed by atoms with Crippen molar-refractivity contribution in [1.29, 1.82) is 0 Å². The molecule has 1 aromatic carbocycles. The van der Waals surface area contributed by atoms with Gasteiger partial charge in [0.1, 0.15) is 5.82 Å². The Hall–Kier alpha value is -3.07. The SMILES string of the molecule is Cc1cccc(NC(=O)c2cc([N+](=O)[O-])c(Cl)c([N+](=O)[O-])c2)n1. The number of amides is 1. The van der Waals surface area contributed by atoms with Crippen LogP contribution in [0.2, 0.25) is 5.02 Å². The van der Waals surface area contributed by atoms with Gasteiger partial charge in [-0.25, -0.2) is 4.98 Å². The van der Waals surface area contributed by atoms with Gasteiger partial charge in [-0.1, -0.05) is 17.7 Å². The van der Waals surface area contributed by atoms with E-state index in [4.69, 9.17) is 11.6 Å². The fourth-order valence-electron chi connectivity index (χ4n) is 1.79. The van der Waals surface area contributed by atoms with Crippen LogP contribution in [0, 0.1) is 27.2 Å². The maximum atomic E-state index is 12.1. The lowest BCUT2D eigenvalue weighted by atomic mass is 10.1. The molecule has 0 aliphatic carbocycles. The van der Waals surface area contributed by atoms with Crippen LogP contribution >= 0.6 is 11.6 Å². The molecule has 9 nitrogen and oxygen atoms in total. The van der Waals surface area contributed by atoms with E-state index in [1.54, 1.807) is 19.1 Å². The molecule has 0 aliphatic heterocycles. The lowest BCUT2D eigenvalue weighted by Gasteiger charge is -2.06. The smallest absolute Gasteiger partial charge is 0.295 e. The molecule has 1 aromatic heterocycles. The number of hydrogen-bond acceptors (Lipinski definition) is 6. The largest absolute Gasteiger partial charge is 0.307 e. The van der Waals surface area contributed by atoms with E-state index in [1.165, 1.54) is 6.07 Å². The molecule has 10 heteroatoms. The third kappa shape index (κ3) is 3.58. The maximum absolute atomic E-state index is 12.1. The van der Waals surface area contributed by atoms with E-state index in [-0.39, 0.29) is 11.4 Å². The Bertz CT molecular complexity index is 789. The van der Waals surface area contributed by atoms with Gasteiger partial charge in [0.25, 0.3) is 17.3 Å². The Morgan fingerprint density at radius 1 is 1.17 bits per heavy atom. The molecule has 0 saturated carbocycles. The van der Waals surface area contributed by atoms with Gasteiger partial charge < -0.3 is 5.32 Å². The van der Waals surface area contributed by atoms with Crippen molar-refractivity contribution in [1.82, 2.24) is 4.98 Å². The van der Waals surface area contributed by atoms with Gasteiger partial charge in [-0.15, -0.1) is 0 Å². The first kappa shape index (κ1) is 16.3. The number of pyridine rings is 1. The molecule has 0 aliphatic rings. The zero-order chi connectivity index (χ0) is 17.1. The fraction of sp³-hybridized carbons (Fsp3) is 0.0769. The van der Waals surface area contributed by atoms with Crippen LogP contribution in [0.4, 0.5) is 17.2 Å². The highest BCUT2D eigenvalue weighted by molar-refractivity contribution is 6.35. The third-order valence-corrected chi connectivity index (χ3v) is 3.21. The second-order valence-electron chi connectivity index (χ2n) is 4.46. The number of carbonyl (C=O) groups excluding carboxylic acids is 1. The Morgan fingerprint density at radius 2 is 1.74 bits per heavy atom. The highest BCUT2D eigenvalue weighted by Gasteiger charge is 2.27. The summed E-state index contributed by atoms with van der Waals surface area (Å²) < 4.78 is 0. The second-order valence-corrected chi connectivity index (χ2v) is 4.84. The van der Waals surface area contributed by atoms with E-state index in [1.807, 2.05) is 0 Å². The number of benzene rings is 1. The van der Waals surface area contributed by atoms with E-state index in [0.29, 0.717) is 5.69 Å². The molecule has 1 N–H and O–H groups in total. The first-order chi connectivity index (χ1) is 10.8. The van der Waals surface area contributed by atoms with Crippen molar-refractivity contribution in [3.8, 4) is 0 Å². The minimum atomic E-state index is -0.892. The minimum absolute atomic E-state index is 0.218. The quantitative estimate of drug-likeness (QED) is 0.674. The van der Waals surface area contributed by atoms with Gasteiger partial charge in [0.15, 0.2) is 5.02 Å². The average molecular weight is 337 g/mol. The molecule has 0 fully saturated rings. The molecule has 0 saturated heterocycles. The number of anilines is 1. The molecule has 0 unspecified atom stereocenters. The minimum Gasteiger partial charge on any atom is -0.307 e.